The molecule has 2 heterocycles. The zero-order chi connectivity index (χ0) is 18.8. The molecule has 1 amide bonds. The summed E-state index contributed by atoms with van der Waals surface area (Å²) in [6.45, 7) is 2.52. The molecule has 7 heteroatoms. The van der Waals surface area contributed by atoms with E-state index in [0.29, 0.717) is 11.6 Å². The standard InChI is InChI=1S/C20H22N4O3/c1-13(25)16-10-21-24(12-16)11-14-7-17(8-14)22-20(26)19-9-18(23-27-19)15-5-3-2-4-6-15/h2-6,9-10,12-14,17,25H,7-8,11H2,1H3,(H,22,26)/t13?,14-,17-. The minimum absolute atomic E-state index is 0.138. The maximum Gasteiger partial charge on any atom is 0.290 e. The predicted molar refractivity (Wildman–Crippen MR) is 98.8 cm³/mol. The van der Waals surface area contributed by atoms with Crippen molar-refractivity contribution in [3.05, 3.63) is 60.1 Å². The first kappa shape index (κ1) is 17.5. The second-order valence-corrected chi connectivity index (χ2v) is 7.12. The highest BCUT2D eigenvalue weighted by Crippen LogP contribution is 2.29. The predicted octanol–water partition coefficient (Wildman–Crippen LogP) is 2.80. The number of aliphatic hydroxyl groups excluding tert-OH is 1. The number of carbonyl (C=O) groups is 1. The van der Waals surface area contributed by atoms with Gasteiger partial charge >= 0.3 is 0 Å². The lowest BCUT2D eigenvalue weighted by atomic mass is 9.80. The van der Waals surface area contributed by atoms with Crippen LogP contribution in [0.4, 0.5) is 0 Å². The molecule has 7 nitrogen and oxygen atoms in total. The van der Waals surface area contributed by atoms with Crippen LogP contribution in [-0.4, -0.2) is 32.0 Å². The van der Waals surface area contributed by atoms with E-state index in [9.17, 15) is 9.90 Å². The molecule has 1 unspecified atom stereocenters. The normalized spacial score (nSPS) is 20.1. The number of hydrogen-bond donors (Lipinski definition) is 2. The summed E-state index contributed by atoms with van der Waals surface area (Å²) in [5, 5.41) is 20.8. The number of aliphatic hydroxyl groups is 1. The molecule has 1 saturated carbocycles. The molecule has 0 spiro atoms. The number of benzene rings is 1. The van der Waals surface area contributed by atoms with Crippen molar-refractivity contribution in [2.45, 2.75) is 38.5 Å². The average Bonchev–Trinajstić information content (AvgIpc) is 3.30. The Labute approximate surface area is 157 Å². The lowest BCUT2D eigenvalue weighted by Crippen LogP contribution is -2.45. The van der Waals surface area contributed by atoms with Gasteiger partial charge in [0.1, 0.15) is 5.69 Å². The highest BCUT2D eigenvalue weighted by molar-refractivity contribution is 5.92. The van der Waals surface area contributed by atoms with Gasteiger partial charge in [-0.1, -0.05) is 35.5 Å². The summed E-state index contributed by atoms with van der Waals surface area (Å²) in [5.41, 5.74) is 2.39. The first-order chi connectivity index (χ1) is 13.1. The fourth-order valence-electron chi connectivity index (χ4n) is 3.35. The lowest BCUT2D eigenvalue weighted by molar-refractivity contribution is 0.0842. The third-order valence-electron chi connectivity index (χ3n) is 4.96. The van der Waals surface area contributed by atoms with E-state index in [2.05, 4.69) is 15.6 Å². The summed E-state index contributed by atoms with van der Waals surface area (Å²) >= 11 is 0. The van der Waals surface area contributed by atoms with E-state index in [1.165, 1.54) is 0 Å². The van der Waals surface area contributed by atoms with Crippen molar-refractivity contribution in [3.63, 3.8) is 0 Å². The first-order valence-corrected chi connectivity index (χ1v) is 9.12. The fraction of sp³-hybridized carbons (Fsp3) is 0.350. The number of nitrogens with zero attached hydrogens (tertiary/aromatic N) is 3. The van der Waals surface area contributed by atoms with Gasteiger partial charge in [-0.25, -0.2) is 0 Å². The molecule has 2 aromatic heterocycles. The van der Waals surface area contributed by atoms with Crippen molar-refractivity contribution in [1.82, 2.24) is 20.3 Å². The van der Waals surface area contributed by atoms with E-state index in [1.54, 1.807) is 19.2 Å². The van der Waals surface area contributed by atoms with Gasteiger partial charge in [0, 0.05) is 36.0 Å². The first-order valence-electron chi connectivity index (χ1n) is 9.12. The number of nitrogens with one attached hydrogen (secondary N) is 1. The number of hydrogen-bond acceptors (Lipinski definition) is 5. The molecule has 0 saturated heterocycles. The molecule has 0 aliphatic heterocycles. The zero-order valence-corrected chi connectivity index (χ0v) is 15.1. The monoisotopic (exact) mass is 366 g/mol. The molecular weight excluding hydrogens is 344 g/mol. The number of rotatable bonds is 6. The molecule has 27 heavy (non-hydrogen) atoms. The minimum Gasteiger partial charge on any atom is -0.389 e. The van der Waals surface area contributed by atoms with Crippen LogP contribution in [0.3, 0.4) is 0 Å². The van der Waals surface area contributed by atoms with Crippen molar-refractivity contribution in [2.24, 2.45) is 5.92 Å². The van der Waals surface area contributed by atoms with Crippen LogP contribution in [0.5, 0.6) is 0 Å². The molecule has 1 aliphatic rings. The van der Waals surface area contributed by atoms with Gasteiger partial charge in [-0.15, -0.1) is 0 Å². The van der Waals surface area contributed by atoms with Gasteiger partial charge in [-0.05, 0) is 25.7 Å². The van der Waals surface area contributed by atoms with Gasteiger partial charge in [0.25, 0.3) is 5.91 Å². The van der Waals surface area contributed by atoms with Crippen LogP contribution in [0.15, 0.2) is 53.3 Å². The van der Waals surface area contributed by atoms with Gasteiger partial charge in [0.15, 0.2) is 0 Å². The Balaban J connectivity index is 1.27. The summed E-state index contributed by atoms with van der Waals surface area (Å²) < 4.78 is 7.05. The van der Waals surface area contributed by atoms with E-state index in [-0.39, 0.29) is 17.7 Å². The minimum atomic E-state index is -0.505. The Bertz CT molecular complexity index is 910. The van der Waals surface area contributed by atoms with Crippen LogP contribution in [0.2, 0.25) is 0 Å². The van der Waals surface area contributed by atoms with E-state index < -0.39 is 6.10 Å². The second kappa shape index (κ2) is 7.36. The molecule has 1 fully saturated rings. The van der Waals surface area contributed by atoms with E-state index in [0.717, 1.165) is 30.5 Å². The van der Waals surface area contributed by atoms with Crippen molar-refractivity contribution in [3.8, 4) is 11.3 Å². The molecule has 1 aromatic carbocycles. The molecule has 2 N–H and O–H groups in total. The van der Waals surface area contributed by atoms with Crippen LogP contribution in [0.1, 0.15) is 42.0 Å². The van der Waals surface area contributed by atoms with Crippen molar-refractivity contribution in [2.75, 3.05) is 0 Å². The molecule has 140 valence electrons. The topological polar surface area (TPSA) is 93.2 Å². The van der Waals surface area contributed by atoms with Crippen LogP contribution >= 0.6 is 0 Å². The van der Waals surface area contributed by atoms with Crippen molar-refractivity contribution >= 4 is 5.91 Å². The number of amides is 1. The van der Waals surface area contributed by atoms with Crippen molar-refractivity contribution < 1.29 is 14.4 Å². The molecule has 4 rings (SSSR count). The van der Waals surface area contributed by atoms with Gasteiger partial charge in [-0.2, -0.15) is 5.10 Å². The largest absolute Gasteiger partial charge is 0.389 e. The fourth-order valence-corrected chi connectivity index (χ4v) is 3.35. The van der Waals surface area contributed by atoms with Gasteiger partial charge in [0.2, 0.25) is 5.76 Å². The Hall–Kier alpha value is -2.93. The second-order valence-electron chi connectivity index (χ2n) is 7.12. The molecule has 1 aliphatic carbocycles. The van der Waals surface area contributed by atoms with Gasteiger partial charge in [-0.3, -0.25) is 9.48 Å². The van der Waals surface area contributed by atoms with Crippen LogP contribution in [0.25, 0.3) is 11.3 Å². The van der Waals surface area contributed by atoms with Crippen LogP contribution in [0, 0.1) is 5.92 Å². The molecular formula is C20H22N4O3. The number of aromatic nitrogens is 3. The Morgan fingerprint density at radius 1 is 1.37 bits per heavy atom. The third-order valence-corrected chi connectivity index (χ3v) is 4.96. The van der Waals surface area contributed by atoms with Gasteiger partial charge < -0.3 is 14.9 Å². The highest BCUT2D eigenvalue weighted by Gasteiger charge is 2.31. The van der Waals surface area contributed by atoms with E-state index in [1.807, 2.05) is 41.2 Å². The van der Waals surface area contributed by atoms with Crippen molar-refractivity contribution in [1.29, 1.82) is 0 Å². The van der Waals surface area contributed by atoms with Crippen LogP contribution < -0.4 is 5.32 Å². The third kappa shape index (κ3) is 3.93. The summed E-state index contributed by atoms with van der Waals surface area (Å²) in [6.07, 6.45) is 4.85. The lowest BCUT2D eigenvalue weighted by Gasteiger charge is -2.35. The summed E-state index contributed by atoms with van der Waals surface area (Å²) in [6, 6.07) is 11.4. The molecule has 3 aromatic rings. The Kier molecular flexibility index (Phi) is 4.77. The summed E-state index contributed by atoms with van der Waals surface area (Å²) in [5.74, 6) is 0.459. The Morgan fingerprint density at radius 3 is 2.85 bits per heavy atom. The molecule has 0 radical (unpaired) electrons. The Morgan fingerprint density at radius 2 is 2.15 bits per heavy atom. The van der Waals surface area contributed by atoms with Crippen LogP contribution in [-0.2, 0) is 6.54 Å². The molecule has 1 atom stereocenters. The highest BCUT2D eigenvalue weighted by atomic mass is 16.5. The SMILES string of the molecule is CC(O)c1cnn(C[C@H]2C[C@H](NC(=O)c3cc(-c4ccccc4)no3)C2)c1. The number of carbonyl (C=O) groups excluding carboxylic acids is 1. The molecule has 0 bridgehead atoms. The summed E-state index contributed by atoms with van der Waals surface area (Å²) in [7, 11) is 0. The van der Waals surface area contributed by atoms with E-state index >= 15 is 0 Å². The average molecular weight is 366 g/mol. The maximum atomic E-state index is 12.3. The van der Waals surface area contributed by atoms with Gasteiger partial charge in [0.05, 0.1) is 12.3 Å². The quantitative estimate of drug-likeness (QED) is 0.700. The smallest absolute Gasteiger partial charge is 0.290 e. The zero-order valence-electron chi connectivity index (χ0n) is 15.1. The summed E-state index contributed by atoms with van der Waals surface area (Å²) in [4.78, 5) is 12.3. The van der Waals surface area contributed by atoms with E-state index in [4.69, 9.17) is 4.52 Å². The maximum absolute atomic E-state index is 12.3.